The lowest BCUT2D eigenvalue weighted by molar-refractivity contribution is -0.121. The van der Waals surface area contributed by atoms with E-state index in [-0.39, 0.29) is 42.5 Å². The number of nitrogens with one attached hydrogen (secondary N) is 1. The molecule has 190 valence electrons. The van der Waals surface area contributed by atoms with Crippen molar-refractivity contribution in [2.45, 2.75) is 6.42 Å². The van der Waals surface area contributed by atoms with Crippen LogP contribution in [-0.4, -0.2) is 44.7 Å². The molecule has 0 aliphatic heterocycles. The van der Waals surface area contributed by atoms with Crippen LogP contribution in [0, 0.1) is 11.3 Å². The van der Waals surface area contributed by atoms with Crippen LogP contribution in [-0.2, 0) is 14.3 Å². The Balaban J connectivity index is 1.58. The number of hydrogen-bond acceptors (Lipinski definition) is 7. The Hall–Kier alpha value is -4.36. The number of hydrogen-bond donors (Lipinski definition) is 1. The normalized spacial score (nSPS) is 10.1. The average molecular weight is 566 g/mol. The Bertz CT molecular complexity index is 1280. The number of esters is 1. The number of nitrogens with zero attached hydrogens (tertiary/aromatic N) is 2. The van der Waals surface area contributed by atoms with Gasteiger partial charge in [-0.2, -0.15) is 5.26 Å². The number of rotatable bonds is 11. The Morgan fingerprint density at radius 2 is 1.70 bits per heavy atom. The number of para-hydroxylation sites is 1. The van der Waals surface area contributed by atoms with Crippen LogP contribution in [0.5, 0.6) is 11.5 Å². The van der Waals surface area contributed by atoms with E-state index in [1.165, 1.54) is 30.2 Å². The van der Waals surface area contributed by atoms with Crippen LogP contribution in [0.3, 0.4) is 0 Å². The summed E-state index contributed by atoms with van der Waals surface area (Å²) in [6, 6.07) is 22.3. The summed E-state index contributed by atoms with van der Waals surface area (Å²) >= 11 is 3.33. The van der Waals surface area contributed by atoms with Gasteiger partial charge in [-0.25, -0.2) is 4.79 Å². The monoisotopic (exact) mass is 565 g/mol. The first kappa shape index (κ1) is 27.2. The minimum absolute atomic E-state index is 0.133. The van der Waals surface area contributed by atoms with Crippen LogP contribution in [0.1, 0.15) is 16.8 Å². The molecule has 10 heteroatoms. The van der Waals surface area contributed by atoms with Gasteiger partial charge in [-0.3, -0.25) is 9.59 Å². The number of methoxy groups -OCH3 is 1. The average Bonchev–Trinajstić information content (AvgIpc) is 2.92. The van der Waals surface area contributed by atoms with Crippen LogP contribution in [0.25, 0.3) is 0 Å². The fourth-order valence-electron chi connectivity index (χ4n) is 3.24. The second-order valence-corrected chi connectivity index (χ2v) is 8.49. The Labute approximate surface area is 222 Å². The van der Waals surface area contributed by atoms with Crippen molar-refractivity contribution in [1.29, 1.82) is 5.26 Å². The highest BCUT2D eigenvalue weighted by Crippen LogP contribution is 2.28. The van der Waals surface area contributed by atoms with Crippen molar-refractivity contribution in [3.63, 3.8) is 0 Å². The molecule has 0 aliphatic rings. The molecule has 0 unspecified atom stereocenters. The van der Waals surface area contributed by atoms with E-state index in [4.69, 9.17) is 19.5 Å². The molecule has 0 saturated heterocycles. The fraction of sp³-hybridized carbons (Fsp3) is 0.185. The number of halogens is 1. The van der Waals surface area contributed by atoms with Crippen molar-refractivity contribution < 1.29 is 28.6 Å². The molecule has 0 saturated carbocycles. The van der Waals surface area contributed by atoms with E-state index >= 15 is 0 Å². The van der Waals surface area contributed by atoms with E-state index in [9.17, 15) is 14.4 Å². The topological polar surface area (TPSA) is 118 Å². The Morgan fingerprint density at radius 3 is 2.38 bits per heavy atom. The summed E-state index contributed by atoms with van der Waals surface area (Å²) in [5, 5.41) is 11.6. The molecule has 0 bridgehead atoms. The molecule has 3 aromatic rings. The first-order chi connectivity index (χ1) is 17.9. The van der Waals surface area contributed by atoms with Crippen molar-refractivity contribution in [2.75, 3.05) is 37.1 Å². The van der Waals surface area contributed by atoms with E-state index in [1.807, 2.05) is 12.1 Å². The molecule has 0 radical (unpaired) electrons. The third-order valence-corrected chi connectivity index (χ3v) is 5.56. The molecule has 1 N–H and O–H groups in total. The van der Waals surface area contributed by atoms with Crippen molar-refractivity contribution in [1.82, 2.24) is 0 Å². The van der Waals surface area contributed by atoms with Crippen molar-refractivity contribution in [3.8, 4) is 17.6 Å². The first-order valence-electron chi connectivity index (χ1n) is 11.2. The van der Waals surface area contributed by atoms with E-state index in [0.717, 1.165) is 4.47 Å². The highest BCUT2D eigenvalue weighted by atomic mass is 79.9. The molecule has 3 aromatic carbocycles. The maximum Gasteiger partial charge on any atom is 0.338 e. The van der Waals surface area contributed by atoms with E-state index in [0.29, 0.717) is 11.4 Å². The van der Waals surface area contributed by atoms with Crippen LogP contribution in [0.15, 0.2) is 77.3 Å². The molecule has 0 heterocycles. The summed E-state index contributed by atoms with van der Waals surface area (Å²) < 4.78 is 16.9. The predicted molar refractivity (Wildman–Crippen MR) is 141 cm³/mol. The minimum Gasteiger partial charge on any atom is -0.493 e. The number of amides is 2. The van der Waals surface area contributed by atoms with Crippen LogP contribution < -0.4 is 19.7 Å². The van der Waals surface area contributed by atoms with Crippen molar-refractivity contribution >= 4 is 45.1 Å². The summed E-state index contributed by atoms with van der Waals surface area (Å²) in [5.74, 6) is -1.09. The van der Waals surface area contributed by atoms with Crippen LogP contribution >= 0.6 is 15.9 Å². The van der Waals surface area contributed by atoms with E-state index in [1.54, 1.807) is 48.5 Å². The largest absolute Gasteiger partial charge is 0.493 e. The summed E-state index contributed by atoms with van der Waals surface area (Å²) in [6.07, 6.45) is 0.133. The smallest absolute Gasteiger partial charge is 0.338 e. The number of ether oxygens (including phenoxy) is 3. The SMILES string of the molecule is COc1cc(C(=O)OCC(=O)N(CCC#N)c2ccccc2)ccc1OCC(=O)Nc1ccc(Br)cc1. The standard InChI is InChI=1S/C27H24BrN3O6/c1-35-24-16-19(8-13-23(24)36-17-25(32)30-21-11-9-20(28)10-12-21)27(34)37-18-26(33)31(15-5-14-29)22-6-3-2-4-7-22/h2-4,6-13,16H,5,15,17-18H2,1H3,(H,30,32). The van der Waals surface area contributed by atoms with Gasteiger partial charge in [0.05, 0.1) is 25.2 Å². The number of anilines is 2. The molecule has 0 atom stereocenters. The third-order valence-electron chi connectivity index (χ3n) is 5.03. The lowest BCUT2D eigenvalue weighted by Crippen LogP contribution is -2.35. The maximum atomic E-state index is 12.7. The zero-order chi connectivity index (χ0) is 26.6. The van der Waals surface area contributed by atoms with Gasteiger partial charge in [-0.1, -0.05) is 34.1 Å². The van der Waals surface area contributed by atoms with Gasteiger partial charge in [-0.05, 0) is 54.6 Å². The fourth-order valence-corrected chi connectivity index (χ4v) is 3.51. The van der Waals surface area contributed by atoms with E-state index in [2.05, 4.69) is 21.2 Å². The molecular formula is C27H24BrN3O6. The van der Waals surface area contributed by atoms with Crippen LogP contribution in [0.2, 0.25) is 0 Å². The zero-order valence-corrected chi connectivity index (χ0v) is 21.6. The number of carbonyl (C=O) groups is 3. The van der Waals surface area contributed by atoms with Gasteiger partial charge in [0.1, 0.15) is 0 Å². The van der Waals surface area contributed by atoms with Gasteiger partial charge in [0, 0.05) is 22.4 Å². The van der Waals surface area contributed by atoms with Gasteiger partial charge in [0.2, 0.25) is 0 Å². The molecule has 0 aliphatic carbocycles. The number of nitriles is 1. The zero-order valence-electron chi connectivity index (χ0n) is 20.0. The highest BCUT2D eigenvalue weighted by Gasteiger charge is 2.19. The molecule has 37 heavy (non-hydrogen) atoms. The molecule has 0 aromatic heterocycles. The van der Waals surface area contributed by atoms with E-state index < -0.39 is 18.5 Å². The van der Waals surface area contributed by atoms with Gasteiger partial charge >= 0.3 is 5.97 Å². The highest BCUT2D eigenvalue weighted by molar-refractivity contribution is 9.10. The molecule has 2 amide bonds. The second kappa shape index (κ2) is 13.7. The first-order valence-corrected chi connectivity index (χ1v) is 12.0. The van der Waals surface area contributed by atoms with Gasteiger partial charge in [-0.15, -0.1) is 0 Å². The lowest BCUT2D eigenvalue weighted by Gasteiger charge is -2.21. The third kappa shape index (κ3) is 8.08. The Morgan fingerprint density at radius 1 is 0.973 bits per heavy atom. The lowest BCUT2D eigenvalue weighted by atomic mass is 10.2. The van der Waals surface area contributed by atoms with Gasteiger partial charge in [0.15, 0.2) is 24.7 Å². The molecule has 9 nitrogen and oxygen atoms in total. The maximum absolute atomic E-state index is 12.7. The summed E-state index contributed by atoms with van der Waals surface area (Å²) in [6.45, 7) is -0.606. The van der Waals surface area contributed by atoms with Gasteiger partial charge < -0.3 is 24.4 Å². The molecule has 0 fully saturated rings. The predicted octanol–water partition coefficient (Wildman–Crippen LogP) is 4.58. The Kier molecular flexibility index (Phi) is 10.0. The summed E-state index contributed by atoms with van der Waals surface area (Å²) in [5.41, 5.74) is 1.36. The molecular weight excluding hydrogens is 542 g/mol. The molecule has 0 spiro atoms. The second-order valence-electron chi connectivity index (χ2n) is 7.57. The van der Waals surface area contributed by atoms with Crippen LogP contribution in [0.4, 0.5) is 11.4 Å². The summed E-state index contributed by atoms with van der Waals surface area (Å²) in [4.78, 5) is 38.9. The minimum atomic E-state index is -0.737. The molecule has 3 rings (SSSR count). The summed E-state index contributed by atoms with van der Waals surface area (Å²) in [7, 11) is 1.40. The van der Waals surface area contributed by atoms with Gasteiger partial charge in [0.25, 0.3) is 11.8 Å². The van der Waals surface area contributed by atoms with Crippen molar-refractivity contribution in [3.05, 3.63) is 82.8 Å². The quantitative estimate of drug-likeness (QED) is 0.338. The number of benzene rings is 3. The van der Waals surface area contributed by atoms with Crippen molar-refractivity contribution in [2.24, 2.45) is 0 Å². The number of carbonyl (C=O) groups excluding carboxylic acids is 3.